The maximum atomic E-state index is 10.3. The van der Waals surface area contributed by atoms with Crippen LogP contribution in [-0.4, -0.2) is 30.1 Å². The molecule has 22 heavy (non-hydrogen) atoms. The van der Waals surface area contributed by atoms with E-state index >= 15 is 0 Å². The van der Waals surface area contributed by atoms with E-state index in [1.165, 1.54) is 22.8 Å². The Kier molecular flexibility index (Phi) is 3.34. The standard InChI is InChI=1S/C15H13N3O3S/c1-8-3-2-4-11(13(8)21)18-14(16-17-15(18)22)10-6-5-9(19)7-12(10)20/h2-7,19-21H,1H3,(H,17,22). The van der Waals surface area contributed by atoms with Crippen molar-refractivity contribution in [1.29, 1.82) is 0 Å². The van der Waals surface area contributed by atoms with Gasteiger partial charge in [-0.05, 0) is 42.9 Å². The van der Waals surface area contributed by atoms with Gasteiger partial charge in [0.15, 0.2) is 10.6 Å². The van der Waals surface area contributed by atoms with Crippen LogP contribution in [0.25, 0.3) is 17.1 Å². The summed E-state index contributed by atoms with van der Waals surface area (Å²) in [6, 6.07) is 9.45. The number of aromatic hydroxyl groups is 3. The lowest BCUT2D eigenvalue weighted by atomic mass is 10.1. The normalized spacial score (nSPS) is 10.8. The molecule has 3 aromatic rings. The first-order valence-corrected chi connectivity index (χ1v) is 6.88. The van der Waals surface area contributed by atoms with E-state index in [2.05, 4.69) is 10.2 Å². The predicted octanol–water partition coefficient (Wildman–Crippen LogP) is 3.02. The average molecular weight is 315 g/mol. The van der Waals surface area contributed by atoms with Gasteiger partial charge >= 0.3 is 0 Å². The number of phenols is 3. The Balaban J connectivity index is 2.29. The summed E-state index contributed by atoms with van der Waals surface area (Å²) < 4.78 is 1.81. The molecule has 0 aliphatic rings. The van der Waals surface area contributed by atoms with Gasteiger partial charge in [0, 0.05) is 6.07 Å². The van der Waals surface area contributed by atoms with Gasteiger partial charge in [-0.2, -0.15) is 5.10 Å². The zero-order valence-electron chi connectivity index (χ0n) is 11.6. The van der Waals surface area contributed by atoms with Crippen molar-refractivity contribution < 1.29 is 15.3 Å². The number of hydrogen-bond donors (Lipinski definition) is 4. The minimum absolute atomic E-state index is 0.0552. The largest absolute Gasteiger partial charge is 0.508 e. The highest BCUT2D eigenvalue weighted by atomic mass is 32.1. The Morgan fingerprint density at radius 1 is 1.14 bits per heavy atom. The Morgan fingerprint density at radius 3 is 2.64 bits per heavy atom. The van der Waals surface area contributed by atoms with Crippen LogP contribution in [-0.2, 0) is 0 Å². The van der Waals surface area contributed by atoms with E-state index in [1.807, 2.05) is 0 Å². The molecule has 4 N–H and O–H groups in total. The summed E-state index contributed by atoms with van der Waals surface area (Å²) in [4.78, 5) is 0. The fraction of sp³-hybridized carbons (Fsp3) is 0.0667. The highest BCUT2D eigenvalue weighted by molar-refractivity contribution is 7.71. The van der Waals surface area contributed by atoms with Crippen molar-refractivity contribution in [2.24, 2.45) is 0 Å². The quantitative estimate of drug-likeness (QED) is 0.545. The van der Waals surface area contributed by atoms with Gasteiger partial charge in [0.25, 0.3) is 0 Å². The van der Waals surface area contributed by atoms with Crippen LogP contribution in [0.5, 0.6) is 17.2 Å². The third kappa shape index (κ3) is 2.21. The Hall–Kier alpha value is -2.80. The highest BCUT2D eigenvalue weighted by Gasteiger charge is 2.17. The van der Waals surface area contributed by atoms with E-state index in [0.29, 0.717) is 22.6 Å². The number of rotatable bonds is 2. The summed E-state index contributed by atoms with van der Waals surface area (Å²) in [5, 5.41) is 36.5. The third-order valence-corrected chi connectivity index (χ3v) is 3.63. The molecule has 0 aliphatic carbocycles. The molecule has 0 spiro atoms. The van der Waals surface area contributed by atoms with E-state index in [4.69, 9.17) is 12.2 Å². The van der Waals surface area contributed by atoms with Crippen molar-refractivity contribution >= 4 is 12.2 Å². The van der Waals surface area contributed by atoms with Crippen LogP contribution in [0.2, 0.25) is 0 Å². The SMILES string of the molecule is Cc1cccc(-n2c(-c3ccc(O)cc3O)n[nH]c2=S)c1O. The van der Waals surface area contributed by atoms with Crippen molar-refractivity contribution in [2.75, 3.05) is 0 Å². The van der Waals surface area contributed by atoms with Crippen molar-refractivity contribution in [1.82, 2.24) is 14.8 Å². The second-order valence-corrected chi connectivity index (χ2v) is 5.22. The highest BCUT2D eigenvalue weighted by Crippen LogP contribution is 2.34. The molecule has 0 saturated heterocycles. The summed E-state index contributed by atoms with van der Waals surface area (Å²) in [5.74, 6) is 0.227. The third-order valence-electron chi connectivity index (χ3n) is 3.35. The molecule has 6 nitrogen and oxygen atoms in total. The molecular formula is C15H13N3O3S. The second kappa shape index (κ2) is 5.19. The minimum Gasteiger partial charge on any atom is -0.508 e. The molecule has 0 radical (unpaired) electrons. The summed E-state index contributed by atoms with van der Waals surface area (Å²) in [5.41, 5.74) is 1.54. The number of para-hydroxylation sites is 1. The molecule has 112 valence electrons. The number of benzene rings is 2. The van der Waals surface area contributed by atoms with Crippen LogP contribution < -0.4 is 0 Å². The average Bonchev–Trinajstić information content (AvgIpc) is 2.84. The van der Waals surface area contributed by atoms with Gasteiger partial charge in [0.05, 0.1) is 11.3 Å². The van der Waals surface area contributed by atoms with Gasteiger partial charge in [-0.25, -0.2) is 0 Å². The molecule has 0 fully saturated rings. The van der Waals surface area contributed by atoms with Gasteiger partial charge in [-0.15, -0.1) is 0 Å². The zero-order chi connectivity index (χ0) is 15.9. The number of phenolic OH excluding ortho intramolecular Hbond substituents is 3. The lowest BCUT2D eigenvalue weighted by Gasteiger charge is -2.11. The van der Waals surface area contributed by atoms with Gasteiger partial charge in [0.2, 0.25) is 0 Å². The smallest absolute Gasteiger partial charge is 0.200 e. The number of aromatic nitrogens is 3. The molecule has 7 heteroatoms. The van der Waals surface area contributed by atoms with Gasteiger partial charge < -0.3 is 15.3 Å². The lowest BCUT2D eigenvalue weighted by molar-refractivity contribution is 0.451. The van der Waals surface area contributed by atoms with E-state index < -0.39 is 0 Å². The maximum Gasteiger partial charge on any atom is 0.200 e. The molecule has 0 bridgehead atoms. The fourth-order valence-corrected chi connectivity index (χ4v) is 2.46. The van der Waals surface area contributed by atoms with Gasteiger partial charge in [0.1, 0.15) is 17.2 Å². The van der Waals surface area contributed by atoms with E-state index in [9.17, 15) is 15.3 Å². The van der Waals surface area contributed by atoms with E-state index in [0.717, 1.165) is 0 Å². The molecule has 0 aliphatic heterocycles. The van der Waals surface area contributed by atoms with Crippen LogP contribution in [0, 0.1) is 11.7 Å². The van der Waals surface area contributed by atoms with Crippen LogP contribution >= 0.6 is 12.2 Å². The number of hydrogen-bond acceptors (Lipinski definition) is 5. The minimum atomic E-state index is -0.137. The number of nitrogens with zero attached hydrogens (tertiary/aromatic N) is 2. The van der Waals surface area contributed by atoms with Crippen LogP contribution in [0.15, 0.2) is 36.4 Å². The van der Waals surface area contributed by atoms with Gasteiger partial charge in [-0.1, -0.05) is 12.1 Å². The molecule has 0 unspecified atom stereocenters. The number of nitrogens with one attached hydrogen (secondary N) is 1. The van der Waals surface area contributed by atoms with Crippen LogP contribution in [0.1, 0.15) is 5.56 Å². The topological polar surface area (TPSA) is 94.3 Å². The molecule has 1 aromatic heterocycles. The fourth-order valence-electron chi connectivity index (χ4n) is 2.23. The summed E-state index contributed by atoms with van der Waals surface area (Å²) in [6.45, 7) is 1.78. The number of aryl methyl sites for hydroxylation is 1. The predicted molar refractivity (Wildman–Crippen MR) is 83.9 cm³/mol. The van der Waals surface area contributed by atoms with Gasteiger partial charge in [-0.3, -0.25) is 9.67 Å². The molecule has 0 atom stereocenters. The van der Waals surface area contributed by atoms with E-state index in [1.54, 1.807) is 25.1 Å². The van der Waals surface area contributed by atoms with Crippen LogP contribution in [0.3, 0.4) is 0 Å². The zero-order valence-corrected chi connectivity index (χ0v) is 12.4. The maximum absolute atomic E-state index is 10.3. The Labute approximate surface area is 130 Å². The molecule has 1 heterocycles. The van der Waals surface area contributed by atoms with Crippen molar-refractivity contribution in [3.8, 4) is 34.3 Å². The van der Waals surface area contributed by atoms with Crippen LogP contribution in [0.4, 0.5) is 0 Å². The second-order valence-electron chi connectivity index (χ2n) is 4.83. The monoisotopic (exact) mass is 315 g/mol. The molecule has 2 aromatic carbocycles. The summed E-state index contributed by atoms with van der Waals surface area (Å²) >= 11 is 5.23. The van der Waals surface area contributed by atoms with E-state index in [-0.39, 0.29) is 22.0 Å². The molecular weight excluding hydrogens is 302 g/mol. The van der Waals surface area contributed by atoms with Crippen molar-refractivity contribution in [2.45, 2.75) is 6.92 Å². The first kappa shape index (κ1) is 14.2. The first-order valence-electron chi connectivity index (χ1n) is 6.48. The Bertz CT molecular complexity index is 915. The number of H-pyrrole nitrogens is 1. The summed E-state index contributed by atoms with van der Waals surface area (Å²) in [7, 11) is 0. The summed E-state index contributed by atoms with van der Waals surface area (Å²) in [6.07, 6.45) is 0. The molecule has 3 rings (SSSR count). The van der Waals surface area contributed by atoms with Crippen molar-refractivity contribution in [3.05, 3.63) is 46.7 Å². The number of aromatic amines is 1. The van der Waals surface area contributed by atoms with Crippen molar-refractivity contribution in [3.63, 3.8) is 0 Å². The lowest BCUT2D eigenvalue weighted by Crippen LogP contribution is -1.99. The molecule has 0 saturated carbocycles. The first-order chi connectivity index (χ1) is 10.5. The molecule has 0 amide bonds. The Morgan fingerprint density at radius 2 is 1.91 bits per heavy atom.